The Kier molecular flexibility index (Phi) is 6.81. The molecule has 0 aliphatic carbocycles. The van der Waals surface area contributed by atoms with Gasteiger partial charge in [0.05, 0.1) is 23.7 Å². The monoisotopic (exact) mass is 446 g/mol. The van der Waals surface area contributed by atoms with Gasteiger partial charge in [0.1, 0.15) is 5.75 Å². The average Bonchev–Trinajstić information content (AvgIpc) is 2.74. The van der Waals surface area contributed by atoms with Gasteiger partial charge in [-0.05, 0) is 30.3 Å². The van der Waals surface area contributed by atoms with Crippen molar-refractivity contribution in [2.24, 2.45) is 5.73 Å². The summed E-state index contributed by atoms with van der Waals surface area (Å²) in [4.78, 5) is 26.2. The number of carbonyl (C=O) groups is 2. The molecule has 2 amide bonds. The van der Waals surface area contributed by atoms with Crippen molar-refractivity contribution in [1.29, 1.82) is 0 Å². The van der Waals surface area contributed by atoms with E-state index in [1.165, 1.54) is 16.4 Å². The van der Waals surface area contributed by atoms with E-state index in [-0.39, 0.29) is 23.9 Å². The van der Waals surface area contributed by atoms with Crippen LogP contribution in [0.2, 0.25) is 0 Å². The van der Waals surface area contributed by atoms with E-state index in [0.717, 1.165) is 0 Å². The molecule has 0 aromatic heterocycles. The van der Waals surface area contributed by atoms with Gasteiger partial charge < -0.3 is 20.7 Å². The molecule has 166 valence electrons. The van der Waals surface area contributed by atoms with E-state index >= 15 is 0 Å². The zero-order chi connectivity index (χ0) is 22.6. The molecule has 1 atom stereocenters. The van der Waals surface area contributed by atoms with Crippen LogP contribution in [0.25, 0.3) is 0 Å². The van der Waals surface area contributed by atoms with Gasteiger partial charge in [-0.15, -0.1) is 0 Å². The van der Waals surface area contributed by atoms with E-state index in [9.17, 15) is 18.0 Å². The zero-order valence-electron chi connectivity index (χ0n) is 17.4. The molecule has 1 aliphatic rings. The molecule has 9 nitrogen and oxygen atoms in total. The van der Waals surface area contributed by atoms with Crippen LogP contribution in [-0.4, -0.2) is 56.8 Å². The van der Waals surface area contributed by atoms with Gasteiger partial charge in [0.2, 0.25) is 15.9 Å². The quantitative estimate of drug-likeness (QED) is 0.632. The number of amides is 2. The number of para-hydroxylation sites is 2. The standard InChI is InChI=1S/C21H26N4O5S/c1-3-25(4-2)31(28,29)16-9-7-8-15(12-16)23-20(26)14-24-13-19(21(22)27)30-18-11-6-5-10-17(18)24/h5-12,19H,3-4,13-14H2,1-2H3,(H2,22,27)(H,23,26)/t19-/m0/s1. The van der Waals surface area contributed by atoms with Crippen LogP contribution in [0.1, 0.15) is 13.8 Å². The van der Waals surface area contributed by atoms with Crippen molar-refractivity contribution in [1.82, 2.24) is 4.31 Å². The number of nitrogens with two attached hydrogens (primary N) is 1. The van der Waals surface area contributed by atoms with Crippen molar-refractivity contribution in [2.45, 2.75) is 24.8 Å². The lowest BCUT2D eigenvalue weighted by molar-refractivity contribution is -0.125. The third kappa shape index (κ3) is 4.97. The highest BCUT2D eigenvalue weighted by Crippen LogP contribution is 2.32. The second kappa shape index (κ2) is 9.36. The van der Waals surface area contributed by atoms with Crippen LogP contribution in [-0.2, 0) is 19.6 Å². The number of nitrogens with zero attached hydrogens (tertiary/aromatic N) is 2. The number of hydrogen-bond donors (Lipinski definition) is 2. The molecular weight excluding hydrogens is 420 g/mol. The van der Waals surface area contributed by atoms with Crippen molar-refractivity contribution in [3.8, 4) is 5.75 Å². The molecule has 0 radical (unpaired) electrons. The molecular formula is C21H26N4O5S. The molecule has 2 aromatic carbocycles. The lowest BCUT2D eigenvalue weighted by Gasteiger charge is -2.34. The number of nitrogens with one attached hydrogen (secondary N) is 1. The summed E-state index contributed by atoms with van der Waals surface area (Å²) in [6.45, 7) is 4.32. The summed E-state index contributed by atoms with van der Waals surface area (Å²) in [5.41, 5.74) is 6.43. The summed E-state index contributed by atoms with van der Waals surface area (Å²) in [5.74, 6) is -0.510. The largest absolute Gasteiger partial charge is 0.477 e. The molecule has 0 saturated carbocycles. The number of benzene rings is 2. The summed E-state index contributed by atoms with van der Waals surface area (Å²) in [7, 11) is -3.64. The normalized spacial score (nSPS) is 15.8. The fraction of sp³-hybridized carbons (Fsp3) is 0.333. The maximum absolute atomic E-state index is 12.7. The second-order valence-electron chi connectivity index (χ2n) is 7.02. The van der Waals surface area contributed by atoms with Crippen molar-refractivity contribution in [3.63, 3.8) is 0 Å². The fourth-order valence-corrected chi connectivity index (χ4v) is 4.93. The van der Waals surface area contributed by atoms with Crippen LogP contribution in [0.15, 0.2) is 53.4 Å². The Balaban J connectivity index is 1.76. The third-order valence-electron chi connectivity index (χ3n) is 4.97. The van der Waals surface area contributed by atoms with Crippen LogP contribution in [0, 0.1) is 0 Å². The number of carbonyl (C=O) groups excluding carboxylic acids is 2. The summed E-state index contributed by atoms with van der Waals surface area (Å²) in [5, 5.41) is 2.73. The minimum absolute atomic E-state index is 0.0584. The third-order valence-corrected chi connectivity index (χ3v) is 7.02. The van der Waals surface area contributed by atoms with Gasteiger partial charge in [0.15, 0.2) is 6.10 Å². The van der Waals surface area contributed by atoms with Gasteiger partial charge in [-0.1, -0.05) is 32.0 Å². The lowest BCUT2D eigenvalue weighted by Crippen LogP contribution is -2.49. The predicted molar refractivity (Wildman–Crippen MR) is 117 cm³/mol. The molecule has 3 N–H and O–H groups in total. The van der Waals surface area contributed by atoms with Crippen LogP contribution < -0.4 is 20.7 Å². The van der Waals surface area contributed by atoms with Crippen molar-refractivity contribution in [3.05, 3.63) is 48.5 Å². The minimum atomic E-state index is -3.64. The molecule has 31 heavy (non-hydrogen) atoms. The predicted octanol–water partition coefficient (Wildman–Crippen LogP) is 1.41. The summed E-state index contributed by atoms with van der Waals surface area (Å²) < 4.78 is 32.4. The van der Waals surface area contributed by atoms with Gasteiger partial charge in [-0.3, -0.25) is 9.59 Å². The van der Waals surface area contributed by atoms with Crippen LogP contribution in [0.5, 0.6) is 5.75 Å². The molecule has 0 fully saturated rings. The lowest BCUT2D eigenvalue weighted by atomic mass is 10.1. The number of fused-ring (bicyclic) bond motifs is 1. The first kappa shape index (κ1) is 22.6. The SMILES string of the molecule is CCN(CC)S(=O)(=O)c1cccc(NC(=O)CN2C[C@@H](C(N)=O)Oc3ccccc32)c1. The highest BCUT2D eigenvalue weighted by atomic mass is 32.2. The van der Waals surface area contributed by atoms with Crippen molar-refractivity contribution >= 4 is 33.2 Å². The van der Waals surface area contributed by atoms with Crippen LogP contribution in [0.3, 0.4) is 0 Å². The second-order valence-corrected chi connectivity index (χ2v) is 8.96. The Morgan fingerprint density at radius 1 is 1.16 bits per heavy atom. The molecule has 3 rings (SSSR count). The van der Waals surface area contributed by atoms with Gasteiger partial charge in [-0.25, -0.2) is 8.42 Å². The number of sulfonamides is 1. The first-order valence-electron chi connectivity index (χ1n) is 9.96. The Bertz CT molecular complexity index is 1070. The Hall–Kier alpha value is -3.11. The highest BCUT2D eigenvalue weighted by Gasteiger charge is 2.30. The minimum Gasteiger partial charge on any atom is -0.477 e. The molecule has 0 bridgehead atoms. The number of anilines is 2. The first-order chi connectivity index (χ1) is 14.8. The molecule has 1 heterocycles. The first-order valence-corrected chi connectivity index (χ1v) is 11.4. The van der Waals surface area contributed by atoms with E-state index in [2.05, 4.69) is 5.32 Å². The summed E-state index contributed by atoms with van der Waals surface area (Å²) >= 11 is 0. The zero-order valence-corrected chi connectivity index (χ0v) is 18.3. The number of primary amides is 1. The van der Waals surface area contributed by atoms with E-state index in [1.54, 1.807) is 55.1 Å². The molecule has 10 heteroatoms. The highest BCUT2D eigenvalue weighted by molar-refractivity contribution is 7.89. The maximum atomic E-state index is 12.7. The van der Waals surface area contributed by atoms with Crippen molar-refractivity contribution < 1.29 is 22.7 Å². The van der Waals surface area contributed by atoms with Gasteiger partial charge in [0.25, 0.3) is 5.91 Å². The van der Waals surface area contributed by atoms with Crippen molar-refractivity contribution in [2.75, 3.05) is 36.4 Å². The van der Waals surface area contributed by atoms with E-state index < -0.39 is 22.0 Å². The van der Waals surface area contributed by atoms with E-state index in [1.807, 2.05) is 0 Å². The Morgan fingerprint density at radius 3 is 2.55 bits per heavy atom. The number of ether oxygens (including phenoxy) is 1. The number of rotatable bonds is 8. The molecule has 1 aliphatic heterocycles. The van der Waals surface area contributed by atoms with Crippen LogP contribution >= 0.6 is 0 Å². The smallest absolute Gasteiger partial charge is 0.260 e. The topological polar surface area (TPSA) is 122 Å². The van der Waals surface area contributed by atoms with Gasteiger partial charge in [-0.2, -0.15) is 4.31 Å². The Morgan fingerprint density at radius 2 is 1.87 bits per heavy atom. The maximum Gasteiger partial charge on any atom is 0.260 e. The summed E-state index contributed by atoms with van der Waals surface area (Å²) in [6.07, 6.45) is -0.870. The summed E-state index contributed by atoms with van der Waals surface area (Å²) in [6, 6.07) is 13.2. The molecule has 0 saturated heterocycles. The number of hydrogen-bond acceptors (Lipinski definition) is 6. The average molecular weight is 447 g/mol. The van der Waals surface area contributed by atoms with E-state index in [0.29, 0.717) is 30.2 Å². The van der Waals surface area contributed by atoms with Crippen LogP contribution in [0.4, 0.5) is 11.4 Å². The van der Waals surface area contributed by atoms with Gasteiger partial charge >= 0.3 is 0 Å². The molecule has 0 unspecified atom stereocenters. The molecule has 0 spiro atoms. The van der Waals surface area contributed by atoms with Gasteiger partial charge in [0, 0.05) is 18.8 Å². The van der Waals surface area contributed by atoms with E-state index in [4.69, 9.17) is 10.5 Å². The fourth-order valence-electron chi connectivity index (χ4n) is 3.43. The molecule has 2 aromatic rings. The Labute approximate surface area is 181 Å².